The van der Waals surface area contributed by atoms with E-state index in [1.807, 2.05) is 26.0 Å². The maximum absolute atomic E-state index is 11.8. The number of esters is 1. The van der Waals surface area contributed by atoms with Crippen molar-refractivity contribution in [2.75, 3.05) is 13.0 Å². The van der Waals surface area contributed by atoms with E-state index >= 15 is 0 Å². The number of hydrogen-bond acceptors (Lipinski definition) is 3. The molecule has 0 aliphatic carbocycles. The minimum Gasteiger partial charge on any atom is -0.507 e. The highest BCUT2D eigenvalue weighted by Gasteiger charge is 2.21. The van der Waals surface area contributed by atoms with Gasteiger partial charge in [0.2, 0.25) is 0 Å². The van der Waals surface area contributed by atoms with Crippen LogP contribution >= 0.6 is 11.6 Å². The summed E-state index contributed by atoms with van der Waals surface area (Å²) in [5.41, 5.74) is 3.73. The van der Waals surface area contributed by atoms with Crippen LogP contribution in [-0.2, 0) is 11.2 Å². The molecule has 0 saturated carbocycles. The van der Waals surface area contributed by atoms with Gasteiger partial charge in [-0.25, -0.2) is 4.79 Å². The van der Waals surface area contributed by atoms with E-state index in [4.69, 9.17) is 16.3 Å². The zero-order valence-corrected chi connectivity index (χ0v) is 12.5. The minimum atomic E-state index is -0.513. The van der Waals surface area contributed by atoms with E-state index in [2.05, 4.69) is 0 Å². The number of methoxy groups -OCH3 is 1. The molecular formula is C15H19ClO3. The summed E-state index contributed by atoms with van der Waals surface area (Å²) < 4.78 is 4.74. The number of benzene rings is 1. The largest absolute Gasteiger partial charge is 0.507 e. The van der Waals surface area contributed by atoms with Gasteiger partial charge in [0, 0.05) is 5.88 Å². The second-order valence-corrected chi connectivity index (χ2v) is 4.71. The Labute approximate surface area is 118 Å². The van der Waals surface area contributed by atoms with Crippen molar-refractivity contribution in [3.05, 3.63) is 40.0 Å². The number of aromatic hydroxyl groups is 1. The van der Waals surface area contributed by atoms with E-state index in [-0.39, 0.29) is 11.3 Å². The summed E-state index contributed by atoms with van der Waals surface area (Å²) in [5.74, 6) is -0.0495. The molecule has 1 aromatic rings. The van der Waals surface area contributed by atoms with E-state index in [9.17, 15) is 9.90 Å². The van der Waals surface area contributed by atoms with Gasteiger partial charge in [0.15, 0.2) is 0 Å². The van der Waals surface area contributed by atoms with Gasteiger partial charge >= 0.3 is 5.97 Å². The first-order valence-electron chi connectivity index (χ1n) is 6.06. The molecule has 0 aliphatic heterocycles. The zero-order valence-electron chi connectivity index (χ0n) is 11.7. The maximum Gasteiger partial charge on any atom is 0.341 e. The first-order valence-corrected chi connectivity index (χ1v) is 6.60. The molecule has 0 spiro atoms. The van der Waals surface area contributed by atoms with Gasteiger partial charge in [0.1, 0.15) is 11.3 Å². The lowest BCUT2D eigenvalue weighted by Crippen LogP contribution is -2.09. The highest BCUT2D eigenvalue weighted by molar-refractivity contribution is 6.18. The molecule has 0 unspecified atom stereocenters. The molecule has 0 radical (unpaired) electrons. The number of rotatable bonds is 4. The summed E-state index contributed by atoms with van der Waals surface area (Å²) in [6.07, 6.45) is 4.50. The van der Waals surface area contributed by atoms with Gasteiger partial charge in [-0.05, 0) is 49.4 Å². The van der Waals surface area contributed by atoms with Gasteiger partial charge in [-0.3, -0.25) is 0 Å². The summed E-state index contributed by atoms with van der Waals surface area (Å²) in [6.45, 7) is 5.56. The monoisotopic (exact) mass is 282 g/mol. The average molecular weight is 283 g/mol. The highest BCUT2D eigenvalue weighted by Crippen LogP contribution is 2.33. The molecule has 1 rings (SSSR count). The van der Waals surface area contributed by atoms with Crippen molar-refractivity contribution in [3.63, 3.8) is 0 Å². The van der Waals surface area contributed by atoms with E-state index < -0.39 is 5.97 Å². The van der Waals surface area contributed by atoms with Crippen LogP contribution in [0.2, 0.25) is 0 Å². The fourth-order valence-electron chi connectivity index (χ4n) is 2.12. The van der Waals surface area contributed by atoms with Crippen LogP contribution in [0.25, 0.3) is 0 Å². The lowest BCUT2D eigenvalue weighted by Gasteiger charge is -2.17. The molecule has 1 aromatic carbocycles. The van der Waals surface area contributed by atoms with Crippen LogP contribution < -0.4 is 0 Å². The van der Waals surface area contributed by atoms with E-state index in [0.717, 1.165) is 16.7 Å². The molecule has 0 amide bonds. The van der Waals surface area contributed by atoms with Crippen molar-refractivity contribution in [1.82, 2.24) is 0 Å². The second-order valence-electron chi connectivity index (χ2n) is 4.40. The highest BCUT2D eigenvalue weighted by atomic mass is 35.5. The van der Waals surface area contributed by atoms with Crippen molar-refractivity contribution in [3.8, 4) is 5.75 Å². The summed E-state index contributed by atoms with van der Waals surface area (Å²) >= 11 is 5.61. The Morgan fingerprint density at radius 1 is 1.21 bits per heavy atom. The molecule has 0 atom stereocenters. The molecule has 0 fully saturated rings. The van der Waals surface area contributed by atoms with Crippen LogP contribution in [0.1, 0.15) is 32.6 Å². The fraction of sp³-hybridized carbons (Fsp3) is 0.400. The van der Waals surface area contributed by atoms with Crippen LogP contribution in [0.15, 0.2) is 12.2 Å². The normalized spacial score (nSPS) is 11.0. The molecule has 0 heterocycles. The van der Waals surface area contributed by atoms with Crippen LogP contribution in [0.3, 0.4) is 0 Å². The molecule has 19 heavy (non-hydrogen) atoms. The smallest absolute Gasteiger partial charge is 0.341 e. The molecule has 0 saturated heterocycles. The molecule has 1 N–H and O–H groups in total. The van der Waals surface area contributed by atoms with Crippen LogP contribution in [0.4, 0.5) is 0 Å². The first-order chi connectivity index (χ1) is 8.95. The Hall–Kier alpha value is -1.48. The summed E-state index contributed by atoms with van der Waals surface area (Å²) in [7, 11) is 1.31. The molecule has 0 aromatic heterocycles. The van der Waals surface area contributed by atoms with Gasteiger partial charge in [0.25, 0.3) is 0 Å². The first kappa shape index (κ1) is 15.6. The number of carbonyl (C=O) groups is 1. The molecule has 104 valence electrons. The number of alkyl halides is 1. The second kappa shape index (κ2) is 6.62. The zero-order chi connectivity index (χ0) is 14.6. The van der Waals surface area contributed by atoms with Crippen molar-refractivity contribution < 1.29 is 14.6 Å². The number of ether oxygens (including phenoxy) is 1. The quantitative estimate of drug-likeness (QED) is 0.523. The van der Waals surface area contributed by atoms with E-state index in [0.29, 0.717) is 17.9 Å². The number of hydrogen-bond donors (Lipinski definition) is 1. The van der Waals surface area contributed by atoms with Crippen LogP contribution in [0, 0.1) is 20.8 Å². The Balaban J connectivity index is 3.43. The Morgan fingerprint density at radius 3 is 2.37 bits per heavy atom. The standard InChI is InChI=1S/C15H19ClO3/c1-9-10(2)14(17)13(15(18)19-4)11(3)12(9)7-5-6-8-16/h5-6,17H,7-8H2,1-4H3/b6-5+. The Bertz CT molecular complexity index is 519. The third-order valence-electron chi connectivity index (χ3n) is 3.40. The fourth-order valence-corrected chi connectivity index (χ4v) is 2.25. The topological polar surface area (TPSA) is 46.5 Å². The average Bonchev–Trinajstić information content (AvgIpc) is 2.40. The molecule has 3 nitrogen and oxygen atoms in total. The third kappa shape index (κ3) is 3.10. The lowest BCUT2D eigenvalue weighted by atomic mass is 9.90. The molecule has 0 aliphatic rings. The maximum atomic E-state index is 11.8. The summed E-state index contributed by atoms with van der Waals surface area (Å²) in [6, 6.07) is 0. The summed E-state index contributed by atoms with van der Waals surface area (Å²) in [4.78, 5) is 11.8. The van der Waals surface area contributed by atoms with Crippen LogP contribution in [0.5, 0.6) is 5.75 Å². The number of phenols is 1. The molecular weight excluding hydrogens is 264 g/mol. The predicted molar refractivity (Wildman–Crippen MR) is 77.2 cm³/mol. The summed E-state index contributed by atoms with van der Waals surface area (Å²) in [5, 5.41) is 10.1. The lowest BCUT2D eigenvalue weighted by molar-refractivity contribution is 0.0596. The SMILES string of the molecule is COC(=O)c1c(C)c(C/C=C/CCl)c(C)c(C)c1O. The van der Waals surface area contributed by atoms with E-state index in [1.54, 1.807) is 6.92 Å². The van der Waals surface area contributed by atoms with Gasteiger partial charge in [-0.2, -0.15) is 0 Å². The number of halogens is 1. The molecule has 0 bridgehead atoms. The van der Waals surface area contributed by atoms with Crippen molar-refractivity contribution in [1.29, 1.82) is 0 Å². The van der Waals surface area contributed by atoms with Crippen LogP contribution in [-0.4, -0.2) is 24.1 Å². The number of allylic oxidation sites excluding steroid dienone is 2. The van der Waals surface area contributed by atoms with Gasteiger partial charge in [0.05, 0.1) is 7.11 Å². The molecule has 4 heteroatoms. The third-order valence-corrected chi connectivity index (χ3v) is 3.58. The Kier molecular flexibility index (Phi) is 5.43. The minimum absolute atomic E-state index is 0.00641. The predicted octanol–water partition coefficient (Wildman–Crippen LogP) is 3.44. The number of phenolic OH excluding ortho intramolecular Hbond substituents is 1. The Morgan fingerprint density at radius 2 is 1.84 bits per heavy atom. The van der Waals surface area contributed by atoms with Gasteiger partial charge in [-0.1, -0.05) is 12.2 Å². The van der Waals surface area contributed by atoms with Crippen molar-refractivity contribution in [2.24, 2.45) is 0 Å². The van der Waals surface area contributed by atoms with E-state index in [1.165, 1.54) is 7.11 Å². The van der Waals surface area contributed by atoms with Crippen molar-refractivity contribution in [2.45, 2.75) is 27.2 Å². The van der Waals surface area contributed by atoms with Gasteiger partial charge < -0.3 is 9.84 Å². The van der Waals surface area contributed by atoms with Gasteiger partial charge in [-0.15, -0.1) is 11.6 Å². The van der Waals surface area contributed by atoms with Crippen molar-refractivity contribution >= 4 is 17.6 Å². The number of carbonyl (C=O) groups excluding carboxylic acids is 1.